The molecule has 174 valence electrons. The molecule has 7 nitrogen and oxygen atoms in total. The van der Waals surface area contributed by atoms with E-state index in [2.05, 4.69) is 0 Å². The molecule has 3 aromatic rings. The minimum absolute atomic E-state index is 0.000798. The third-order valence-electron chi connectivity index (χ3n) is 5.10. The summed E-state index contributed by atoms with van der Waals surface area (Å²) in [6.45, 7) is 3.91. The second kappa shape index (κ2) is 10.1. The summed E-state index contributed by atoms with van der Waals surface area (Å²) in [5.74, 6) is 1.40. The van der Waals surface area contributed by atoms with Gasteiger partial charge < -0.3 is 28.5 Å². The zero-order chi connectivity index (χ0) is 23.4. The molecule has 3 aromatic carbocycles. The highest BCUT2D eigenvalue weighted by Gasteiger charge is 2.19. The summed E-state index contributed by atoms with van der Waals surface area (Å²) in [5, 5.41) is 9.28. The molecule has 0 saturated carbocycles. The van der Waals surface area contributed by atoms with Gasteiger partial charge in [-0.25, -0.2) is 0 Å². The van der Waals surface area contributed by atoms with Crippen LogP contribution in [0.4, 0.5) is 0 Å². The Balaban J connectivity index is 1.44. The third-order valence-corrected chi connectivity index (χ3v) is 6.23. The van der Waals surface area contributed by atoms with Crippen LogP contribution in [0.2, 0.25) is 0 Å². The number of fused-ring (bicyclic) bond motifs is 3. The van der Waals surface area contributed by atoms with E-state index in [9.17, 15) is 14.6 Å². The molecule has 0 bridgehead atoms. The minimum atomic E-state index is -4.35. The fraction of sp³-hybridized carbons (Fsp3) is 0.280. The number of aliphatic hydroxyl groups is 1. The molecule has 4 rings (SSSR count). The van der Waals surface area contributed by atoms with Crippen molar-refractivity contribution in [3.8, 4) is 22.6 Å². The molecule has 1 aliphatic rings. The third kappa shape index (κ3) is 6.02. The monoisotopic (exact) mass is 469 g/mol. The van der Waals surface area contributed by atoms with E-state index in [1.54, 1.807) is 19.9 Å². The van der Waals surface area contributed by atoms with Gasteiger partial charge in [0.25, 0.3) is 7.82 Å². The maximum atomic E-state index is 11.8. The molecule has 0 spiro atoms. The van der Waals surface area contributed by atoms with E-state index in [1.165, 1.54) is 0 Å². The predicted molar refractivity (Wildman–Crippen MR) is 122 cm³/mol. The first-order valence-corrected chi connectivity index (χ1v) is 12.1. The summed E-state index contributed by atoms with van der Waals surface area (Å²) in [6.07, 6.45) is -0.476. The lowest BCUT2D eigenvalue weighted by Gasteiger charge is -2.25. The zero-order valence-corrected chi connectivity index (χ0v) is 19.4. The van der Waals surface area contributed by atoms with Crippen LogP contribution in [0.5, 0.6) is 11.5 Å². The van der Waals surface area contributed by atoms with Crippen LogP contribution in [0.1, 0.15) is 36.1 Å². The van der Waals surface area contributed by atoms with E-state index >= 15 is 0 Å². The zero-order valence-electron chi connectivity index (χ0n) is 18.5. The molecular formula is C25H26O7P-. The molecule has 8 heteroatoms. The van der Waals surface area contributed by atoms with Gasteiger partial charge in [-0.3, -0.25) is 4.57 Å². The Morgan fingerprint density at radius 3 is 2.55 bits per heavy atom. The summed E-state index contributed by atoms with van der Waals surface area (Å²) < 4.78 is 33.4. The highest BCUT2D eigenvalue weighted by molar-refractivity contribution is 7.45. The molecule has 0 saturated heterocycles. The maximum Gasteiger partial charge on any atom is 0.268 e. The number of hydrogen-bond acceptors (Lipinski definition) is 7. The molecule has 1 aliphatic heterocycles. The lowest BCUT2D eigenvalue weighted by Crippen LogP contribution is -2.12. The number of hydrogen-bond donors (Lipinski definition) is 1. The van der Waals surface area contributed by atoms with Crippen LogP contribution in [0.3, 0.4) is 0 Å². The van der Waals surface area contributed by atoms with Gasteiger partial charge in [0.15, 0.2) is 0 Å². The molecule has 0 aromatic heterocycles. The molecule has 0 radical (unpaired) electrons. The Kier molecular flexibility index (Phi) is 7.17. The SMILES string of the molecule is CC(C)OP(=O)([O-])OCc1ccc2c(c1)OCc1cc(OCc3cccc(CO)c3)ccc1-2. The van der Waals surface area contributed by atoms with Crippen molar-refractivity contribution in [3.05, 3.63) is 82.9 Å². The van der Waals surface area contributed by atoms with Crippen LogP contribution in [0, 0.1) is 0 Å². The van der Waals surface area contributed by atoms with E-state index in [4.69, 9.17) is 18.5 Å². The number of phosphoric acid groups is 1. The summed E-state index contributed by atoms with van der Waals surface area (Å²) >= 11 is 0. The summed E-state index contributed by atoms with van der Waals surface area (Å²) in [6, 6.07) is 19.0. The number of aliphatic hydroxyl groups excluding tert-OH is 1. The summed E-state index contributed by atoms with van der Waals surface area (Å²) in [7, 11) is -4.35. The van der Waals surface area contributed by atoms with Gasteiger partial charge in [-0.2, -0.15) is 0 Å². The van der Waals surface area contributed by atoms with Crippen LogP contribution < -0.4 is 14.4 Å². The van der Waals surface area contributed by atoms with Crippen LogP contribution >= 0.6 is 7.82 Å². The van der Waals surface area contributed by atoms with Gasteiger partial charge in [0.05, 0.1) is 19.3 Å². The second-order valence-electron chi connectivity index (χ2n) is 8.08. The van der Waals surface area contributed by atoms with E-state index < -0.39 is 13.9 Å². The highest BCUT2D eigenvalue weighted by atomic mass is 31.2. The number of ether oxygens (including phenoxy) is 2. The molecule has 1 heterocycles. The molecular weight excluding hydrogens is 443 g/mol. The van der Waals surface area contributed by atoms with Gasteiger partial charge in [-0.15, -0.1) is 0 Å². The second-order valence-corrected chi connectivity index (χ2v) is 9.44. The fourth-order valence-corrected chi connectivity index (χ4v) is 4.51. The van der Waals surface area contributed by atoms with Gasteiger partial charge in [0, 0.05) is 11.1 Å². The van der Waals surface area contributed by atoms with E-state index in [-0.39, 0.29) is 13.2 Å². The first kappa shape index (κ1) is 23.5. The summed E-state index contributed by atoms with van der Waals surface area (Å²) in [5.41, 5.74) is 5.47. The van der Waals surface area contributed by atoms with Crippen molar-refractivity contribution < 1.29 is 33.1 Å². The van der Waals surface area contributed by atoms with Crippen LogP contribution in [0.25, 0.3) is 11.1 Å². The summed E-state index contributed by atoms with van der Waals surface area (Å²) in [4.78, 5) is 11.8. The van der Waals surface area contributed by atoms with Crippen molar-refractivity contribution in [2.45, 2.75) is 46.4 Å². The topological polar surface area (TPSA) is 97.3 Å². The molecule has 1 N–H and O–H groups in total. The van der Waals surface area contributed by atoms with Crippen molar-refractivity contribution in [2.75, 3.05) is 0 Å². The molecule has 33 heavy (non-hydrogen) atoms. The van der Waals surface area contributed by atoms with Gasteiger partial charge in [-0.1, -0.05) is 42.5 Å². The normalized spacial score (nSPS) is 14.2. The number of phosphoric ester groups is 1. The Morgan fingerprint density at radius 1 is 1.00 bits per heavy atom. The lowest BCUT2D eigenvalue weighted by atomic mass is 9.96. The van der Waals surface area contributed by atoms with E-state index in [0.29, 0.717) is 24.5 Å². The fourth-order valence-electron chi connectivity index (χ4n) is 3.62. The van der Waals surface area contributed by atoms with E-state index in [0.717, 1.165) is 33.6 Å². The minimum Gasteiger partial charge on any atom is -0.756 e. The van der Waals surface area contributed by atoms with Gasteiger partial charge in [0.2, 0.25) is 0 Å². The van der Waals surface area contributed by atoms with Crippen molar-refractivity contribution in [1.82, 2.24) is 0 Å². The smallest absolute Gasteiger partial charge is 0.268 e. The Hall–Kier alpha value is -2.67. The molecule has 0 fully saturated rings. The van der Waals surface area contributed by atoms with Crippen LogP contribution in [-0.4, -0.2) is 11.2 Å². The van der Waals surface area contributed by atoms with Gasteiger partial charge in [0.1, 0.15) is 24.7 Å². The number of benzene rings is 3. The van der Waals surface area contributed by atoms with E-state index in [1.807, 2.05) is 54.6 Å². The average Bonchev–Trinajstić information content (AvgIpc) is 2.80. The van der Waals surface area contributed by atoms with Crippen molar-refractivity contribution >= 4 is 7.82 Å². The molecule has 1 atom stereocenters. The maximum absolute atomic E-state index is 11.8. The lowest BCUT2D eigenvalue weighted by molar-refractivity contribution is -0.229. The Bertz CT molecular complexity index is 1180. The molecule has 0 amide bonds. The highest BCUT2D eigenvalue weighted by Crippen LogP contribution is 2.43. The molecule has 0 aliphatic carbocycles. The quantitative estimate of drug-likeness (QED) is 0.453. The van der Waals surface area contributed by atoms with Crippen molar-refractivity contribution in [3.63, 3.8) is 0 Å². The van der Waals surface area contributed by atoms with Crippen molar-refractivity contribution in [2.24, 2.45) is 0 Å². The van der Waals surface area contributed by atoms with Crippen LogP contribution in [0.15, 0.2) is 60.7 Å². The first-order chi connectivity index (χ1) is 15.8. The predicted octanol–water partition coefficient (Wildman–Crippen LogP) is 4.73. The van der Waals surface area contributed by atoms with Gasteiger partial charge in [-0.05, 0) is 54.3 Å². The van der Waals surface area contributed by atoms with Crippen molar-refractivity contribution in [1.29, 1.82) is 0 Å². The Morgan fingerprint density at radius 2 is 1.76 bits per heavy atom. The largest absolute Gasteiger partial charge is 0.756 e. The standard InChI is InChI=1S/C25H27O7P/c1-17(2)32-33(27,28)31-15-20-6-8-24-23-9-7-22(12-21(23)16-30-25(24)11-20)29-14-19-5-3-4-18(10-19)13-26/h3-12,17,26H,13-16H2,1-2H3,(H,27,28)/p-1. The van der Waals surface area contributed by atoms with Crippen LogP contribution in [-0.2, 0) is 40.0 Å². The average molecular weight is 469 g/mol. The first-order valence-electron chi connectivity index (χ1n) is 10.7. The Labute approximate surface area is 193 Å². The molecule has 1 unspecified atom stereocenters. The number of rotatable bonds is 9. The van der Waals surface area contributed by atoms with Gasteiger partial charge >= 0.3 is 0 Å².